The van der Waals surface area contributed by atoms with Gasteiger partial charge in [-0.15, -0.1) is 10.2 Å². The van der Waals surface area contributed by atoms with E-state index >= 15 is 0 Å². The predicted molar refractivity (Wildman–Crippen MR) is 116 cm³/mol. The van der Waals surface area contributed by atoms with E-state index < -0.39 is 0 Å². The van der Waals surface area contributed by atoms with E-state index in [0.29, 0.717) is 5.13 Å². The molecular weight excluding hydrogens is 392 g/mol. The smallest absolute Gasteiger partial charge is 0.234 e. The van der Waals surface area contributed by atoms with Crippen LogP contribution in [0, 0.1) is 6.92 Å². The Morgan fingerprint density at radius 2 is 2.00 bits per heavy atom. The molecule has 1 heterocycles. The Morgan fingerprint density at radius 1 is 1.18 bits per heavy atom. The van der Waals surface area contributed by atoms with E-state index in [2.05, 4.69) is 27.8 Å². The quantitative estimate of drug-likeness (QED) is 0.511. The number of ether oxygens (including phenoxy) is 1. The zero-order valence-electron chi connectivity index (χ0n) is 16.0. The Bertz CT molecular complexity index is 959. The monoisotopic (exact) mass is 414 g/mol. The number of carbonyl (C=O) groups is 1. The lowest BCUT2D eigenvalue weighted by Crippen LogP contribution is -2.16. The molecule has 0 spiro atoms. The van der Waals surface area contributed by atoms with E-state index in [4.69, 9.17) is 4.74 Å². The van der Waals surface area contributed by atoms with Crippen molar-refractivity contribution in [2.75, 3.05) is 23.5 Å². The number of benzene rings is 2. The topological polar surface area (TPSA) is 76.1 Å². The molecule has 0 aliphatic heterocycles. The van der Waals surface area contributed by atoms with Gasteiger partial charge in [0.25, 0.3) is 0 Å². The van der Waals surface area contributed by atoms with Crippen LogP contribution in [-0.2, 0) is 11.2 Å². The SMILES string of the molecule is CCc1cccc(C)c1NC(=O)CSc1nnc(Nc2ccccc2OC)s1. The lowest BCUT2D eigenvalue weighted by atomic mass is 10.1. The zero-order valence-corrected chi connectivity index (χ0v) is 17.6. The first kappa shape index (κ1) is 20.2. The van der Waals surface area contributed by atoms with Crippen LogP contribution in [0.15, 0.2) is 46.8 Å². The highest BCUT2D eigenvalue weighted by molar-refractivity contribution is 8.01. The predicted octanol–water partition coefficient (Wildman–Crippen LogP) is 4.89. The van der Waals surface area contributed by atoms with Crippen LogP contribution in [0.2, 0.25) is 0 Å². The Labute approximate surface area is 172 Å². The maximum absolute atomic E-state index is 12.4. The number of aromatic nitrogens is 2. The summed E-state index contributed by atoms with van der Waals surface area (Å²) in [6.07, 6.45) is 0.874. The molecule has 0 atom stereocenters. The molecule has 2 N–H and O–H groups in total. The van der Waals surface area contributed by atoms with Crippen LogP contribution in [0.4, 0.5) is 16.5 Å². The molecule has 28 heavy (non-hydrogen) atoms. The highest BCUT2D eigenvalue weighted by Crippen LogP contribution is 2.31. The molecule has 2 aromatic carbocycles. The first-order valence-electron chi connectivity index (χ1n) is 8.85. The average molecular weight is 415 g/mol. The maximum atomic E-state index is 12.4. The van der Waals surface area contributed by atoms with Crippen molar-refractivity contribution in [1.82, 2.24) is 10.2 Å². The molecule has 8 heteroatoms. The fourth-order valence-corrected chi connectivity index (χ4v) is 4.25. The summed E-state index contributed by atoms with van der Waals surface area (Å²) in [5, 5.41) is 15.2. The molecule has 0 saturated heterocycles. The van der Waals surface area contributed by atoms with E-state index in [1.165, 1.54) is 23.1 Å². The highest BCUT2D eigenvalue weighted by Gasteiger charge is 2.12. The van der Waals surface area contributed by atoms with Gasteiger partial charge in [-0.3, -0.25) is 4.79 Å². The normalized spacial score (nSPS) is 10.5. The molecule has 3 rings (SSSR count). The largest absolute Gasteiger partial charge is 0.495 e. The number of nitrogens with zero attached hydrogens (tertiary/aromatic N) is 2. The minimum Gasteiger partial charge on any atom is -0.495 e. The van der Waals surface area contributed by atoms with Crippen molar-refractivity contribution in [2.24, 2.45) is 0 Å². The van der Waals surface area contributed by atoms with Gasteiger partial charge >= 0.3 is 0 Å². The summed E-state index contributed by atoms with van der Waals surface area (Å²) in [4.78, 5) is 12.4. The fraction of sp³-hybridized carbons (Fsp3) is 0.250. The van der Waals surface area contributed by atoms with Crippen LogP contribution in [0.3, 0.4) is 0 Å². The number of thioether (sulfide) groups is 1. The van der Waals surface area contributed by atoms with Gasteiger partial charge in [0.1, 0.15) is 5.75 Å². The Balaban J connectivity index is 1.58. The third kappa shape index (κ3) is 5.02. The van der Waals surface area contributed by atoms with Crippen molar-refractivity contribution in [3.8, 4) is 5.75 Å². The third-order valence-corrected chi connectivity index (χ3v) is 6.06. The van der Waals surface area contributed by atoms with Gasteiger partial charge in [-0.25, -0.2) is 0 Å². The Hall–Kier alpha value is -2.58. The fourth-order valence-electron chi connectivity index (χ4n) is 2.69. The molecule has 0 unspecified atom stereocenters. The maximum Gasteiger partial charge on any atom is 0.234 e. The van der Waals surface area contributed by atoms with Crippen molar-refractivity contribution in [2.45, 2.75) is 24.6 Å². The lowest BCUT2D eigenvalue weighted by Gasteiger charge is -2.12. The molecular formula is C20H22N4O2S2. The molecule has 0 fully saturated rings. The van der Waals surface area contributed by atoms with Crippen LogP contribution < -0.4 is 15.4 Å². The second kappa shape index (κ2) is 9.57. The zero-order chi connectivity index (χ0) is 19.9. The molecule has 0 saturated carbocycles. The molecule has 0 radical (unpaired) electrons. The molecule has 1 aromatic heterocycles. The molecule has 1 amide bonds. The van der Waals surface area contributed by atoms with E-state index in [1.807, 2.05) is 49.4 Å². The van der Waals surface area contributed by atoms with Crippen molar-refractivity contribution < 1.29 is 9.53 Å². The van der Waals surface area contributed by atoms with Crippen molar-refractivity contribution >= 4 is 45.5 Å². The molecule has 0 bridgehead atoms. The van der Waals surface area contributed by atoms with Crippen LogP contribution in [0.25, 0.3) is 0 Å². The number of amides is 1. The molecule has 0 aliphatic carbocycles. The number of nitrogens with one attached hydrogen (secondary N) is 2. The van der Waals surface area contributed by atoms with E-state index in [-0.39, 0.29) is 11.7 Å². The Morgan fingerprint density at radius 3 is 2.79 bits per heavy atom. The van der Waals surface area contributed by atoms with Gasteiger partial charge in [-0.2, -0.15) is 0 Å². The number of carbonyl (C=O) groups excluding carboxylic acids is 1. The number of anilines is 3. The van der Waals surface area contributed by atoms with Gasteiger partial charge in [0.05, 0.1) is 18.6 Å². The number of methoxy groups -OCH3 is 1. The van der Waals surface area contributed by atoms with Gasteiger partial charge in [0.15, 0.2) is 4.34 Å². The van der Waals surface area contributed by atoms with E-state index in [0.717, 1.165) is 39.0 Å². The Kier molecular flexibility index (Phi) is 6.89. The van der Waals surface area contributed by atoms with Crippen LogP contribution in [-0.4, -0.2) is 29.0 Å². The van der Waals surface area contributed by atoms with Gasteiger partial charge in [-0.05, 0) is 36.6 Å². The first-order valence-corrected chi connectivity index (χ1v) is 10.7. The summed E-state index contributed by atoms with van der Waals surface area (Å²) in [5.41, 5.74) is 3.93. The molecule has 3 aromatic rings. The van der Waals surface area contributed by atoms with Crippen LogP contribution in [0.1, 0.15) is 18.1 Å². The molecule has 0 aliphatic rings. The van der Waals surface area contributed by atoms with Gasteiger partial charge < -0.3 is 15.4 Å². The van der Waals surface area contributed by atoms with E-state index in [9.17, 15) is 4.79 Å². The van der Waals surface area contributed by atoms with Gasteiger partial charge in [0, 0.05) is 5.69 Å². The number of hydrogen-bond donors (Lipinski definition) is 2. The average Bonchev–Trinajstić information content (AvgIpc) is 3.15. The van der Waals surface area contributed by atoms with Crippen molar-refractivity contribution in [3.05, 3.63) is 53.6 Å². The molecule has 146 valence electrons. The van der Waals surface area contributed by atoms with Gasteiger partial charge in [0.2, 0.25) is 11.0 Å². The first-order chi connectivity index (χ1) is 13.6. The summed E-state index contributed by atoms with van der Waals surface area (Å²) in [6, 6.07) is 13.7. The van der Waals surface area contributed by atoms with Crippen molar-refractivity contribution in [1.29, 1.82) is 0 Å². The second-order valence-electron chi connectivity index (χ2n) is 6.00. The summed E-state index contributed by atoms with van der Waals surface area (Å²) in [7, 11) is 1.62. The van der Waals surface area contributed by atoms with Crippen molar-refractivity contribution in [3.63, 3.8) is 0 Å². The minimum atomic E-state index is -0.0524. The van der Waals surface area contributed by atoms with Crippen LogP contribution >= 0.6 is 23.1 Å². The summed E-state index contributed by atoms with van der Waals surface area (Å²) in [5.74, 6) is 0.959. The van der Waals surface area contributed by atoms with Gasteiger partial charge in [-0.1, -0.05) is 60.4 Å². The summed E-state index contributed by atoms with van der Waals surface area (Å²) >= 11 is 2.77. The standard InChI is InChI=1S/C20H22N4O2S2/c1-4-14-9-7-8-13(2)18(14)22-17(25)12-27-20-24-23-19(28-20)21-15-10-5-6-11-16(15)26-3/h5-11H,4,12H2,1-3H3,(H,21,23)(H,22,25). The highest BCUT2D eigenvalue weighted by atomic mass is 32.2. The van der Waals surface area contributed by atoms with E-state index in [1.54, 1.807) is 7.11 Å². The number of para-hydroxylation sites is 3. The van der Waals surface area contributed by atoms with Crippen LogP contribution in [0.5, 0.6) is 5.75 Å². The minimum absolute atomic E-state index is 0.0524. The third-order valence-electron chi connectivity index (χ3n) is 4.09. The molecule has 6 nitrogen and oxygen atoms in total. The lowest BCUT2D eigenvalue weighted by molar-refractivity contribution is -0.113. The summed E-state index contributed by atoms with van der Waals surface area (Å²) in [6.45, 7) is 4.08. The number of aryl methyl sites for hydroxylation is 2. The summed E-state index contributed by atoms with van der Waals surface area (Å²) < 4.78 is 6.05. The second-order valence-corrected chi connectivity index (χ2v) is 8.20. The number of rotatable bonds is 8. The number of hydrogen-bond acceptors (Lipinski definition) is 7.